The van der Waals surface area contributed by atoms with Crippen molar-refractivity contribution < 1.29 is 9.18 Å². The Kier molecular flexibility index (Phi) is 5.24. The maximum atomic E-state index is 13.5. The Morgan fingerprint density at radius 3 is 2.84 bits per heavy atom. The average molecular weight is 413 g/mol. The number of carbonyl (C=O) groups is 1. The van der Waals surface area contributed by atoms with Gasteiger partial charge in [-0.1, -0.05) is 36.4 Å². The van der Waals surface area contributed by atoms with Crippen molar-refractivity contribution in [1.82, 2.24) is 14.9 Å². The summed E-state index contributed by atoms with van der Waals surface area (Å²) in [4.78, 5) is 23.1. The number of likely N-dealkylation sites (tertiary alicyclic amines) is 1. The smallest absolute Gasteiger partial charge is 0.227 e. The normalized spacial score (nSPS) is 16.5. The number of H-pyrrole nitrogens is 1. The Morgan fingerprint density at radius 2 is 2.00 bits per heavy atom. The van der Waals surface area contributed by atoms with Gasteiger partial charge in [-0.05, 0) is 54.7 Å². The molecular weight excluding hydrogens is 389 g/mol. The van der Waals surface area contributed by atoms with Crippen molar-refractivity contribution in [3.8, 4) is 11.3 Å². The first-order valence-corrected chi connectivity index (χ1v) is 10.8. The van der Waals surface area contributed by atoms with Crippen molar-refractivity contribution in [1.29, 1.82) is 0 Å². The highest BCUT2D eigenvalue weighted by molar-refractivity contribution is 5.89. The van der Waals surface area contributed by atoms with Crippen molar-refractivity contribution >= 4 is 16.8 Å². The number of aromatic amines is 1. The second-order valence-corrected chi connectivity index (χ2v) is 8.12. The first-order chi connectivity index (χ1) is 15.2. The molecule has 1 saturated heterocycles. The summed E-state index contributed by atoms with van der Waals surface area (Å²) in [5.74, 6) is -0.131. The summed E-state index contributed by atoms with van der Waals surface area (Å²) in [6.07, 6.45) is 7.20. The number of carbonyl (C=O) groups excluding carboxylic acids is 1. The van der Waals surface area contributed by atoms with Crippen molar-refractivity contribution in [2.75, 3.05) is 6.54 Å². The van der Waals surface area contributed by atoms with E-state index in [4.69, 9.17) is 0 Å². The van der Waals surface area contributed by atoms with Crippen molar-refractivity contribution in [2.45, 2.75) is 31.7 Å². The minimum Gasteiger partial charge on any atom is -0.361 e. The van der Waals surface area contributed by atoms with E-state index in [1.54, 1.807) is 6.07 Å². The summed E-state index contributed by atoms with van der Waals surface area (Å²) in [6, 6.07) is 18.5. The largest absolute Gasteiger partial charge is 0.361 e. The molecule has 2 aromatic carbocycles. The highest BCUT2D eigenvalue weighted by atomic mass is 19.1. The van der Waals surface area contributed by atoms with Gasteiger partial charge in [0.2, 0.25) is 5.91 Å². The van der Waals surface area contributed by atoms with Gasteiger partial charge >= 0.3 is 0 Å². The van der Waals surface area contributed by atoms with Gasteiger partial charge in [-0.2, -0.15) is 0 Å². The van der Waals surface area contributed by atoms with Crippen molar-refractivity contribution in [3.05, 3.63) is 90.0 Å². The number of aromatic nitrogens is 2. The molecule has 1 atom stereocenters. The number of benzene rings is 2. The van der Waals surface area contributed by atoms with Crippen LogP contribution in [0.25, 0.3) is 22.2 Å². The van der Waals surface area contributed by atoms with E-state index in [1.807, 2.05) is 53.7 Å². The van der Waals surface area contributed by atoms with Gasteiger partial charge in [0.15, 0.2) is 0 Å². The van der Waals surface area contributed by atoms with E-state index in [-0.39, 0.29) is 17.8 Å². The summed E-state index contributed by atoms with van der Waals surface area (Å²) in [7, 11) is 0. The molecule has 1 aliphatic heterocycles. The van der Waals surface area contributed by atoms with Crippen LogP contribution in [0.5, 0.6) is 0 Å². The van der Waals surface area contributed by atoms with E-state index >= 15 is 0 Å². The molecule has 4 nitrogen and oxygen atoms in total. The number of nitrogens with one attached hydrogen (secondary N) is 1. The van der Waals surface area contributed by atoms with Crippen LogP contribution in [0.4, 0.5) is 4.39 Å². The highest BCUT2D eigenvalue weighted by Crippen LogP contribution is 2.32. The van der Waals surface area contributed by atoms with E-state index < -0.39 is 0 Å². The Morgan fingerprint density at radius 1 is 1.10 bits per heavy atom. The van der Waals surface area contributed by atoms with Gasteiger partial charge in [0.05, 0.1) is 18.2 Å². The quantitative estimate of drug-likeness (QED) is 0.469. The molecule has 1 N–H and O–H groups in total. The number of amides is 1. The molecule has 0 aliphatic carbocycles. The number of pyridine rings is 1. The Balaban J connectivity index is 1.37. The molecule has 4 aromatic rings. The second kappa shape index (κ2) is 8.34. The highest BCUT2D eigenvalue weighted by Gasteiger charge is 2.28. The third-order valence-corrected chi connectivity index (χ3v) is 6.13. The minimum absolute atomic E-state index is 0.0283. The van der Waals surface area contributed by atoms with Crippen LogP contribution in [0.2, 0.25) is 0 Å². The van der Waals surface area contributed by atoms with Gasteiger partial charge in [-0.3, -0.25) is 9.78 Å². The van der Waals surface area contributed by atoms with Crippen molar-refractivity contribution in [2.24, 2.45) is 0 Å². The van der Waals surface area contributed by atoms with Crippen molar-refractivity contribution in [3.63, 3.8) is 0 Å². The number of halogens is 1. The Labute approximate surface area is 180 Å². The minimum atomic E-state index is -0.273. The lowest BCUT2D eigenvalue weighted by molar-refractivity contribution is -0.134. The average Bonchev–Trinajstić information content (AvgIpc) is 3.22. The summed E-state index contributed by atoms with van der Waals surface area (Å²) < 4.78 is 13.5. The maximum absolute atomic E-state index is 13.5. The molecule has 156 valence electrons. The lowest BCUT2D eigenvalue weighted by Gasteiger charge is -2.36. The zero-order chi connectivity index (χ0) is 21.2. The fraction of sp³-hybridized carbons (Fsp3) is 0.231. The van der Waals surface area contributed by atoms with E-state index in [9.17, 15) is 9.18 Å². The molecular formula is C26H24FN3O. The number of rotatable bonds is 4. The summed E-state index contributed by atoms with van der Waals surface area (Å²) >= 11 is 0. The second-order valence-electron chi connectivity index (χ2n) is 8.12. The monoisotopic (exact) mass is 413 g/mol. The van der Waals surface area contributed by atoms with Gasteiger partial charge < -0.3 is 9.88 Å². The third kappa shape index (κ3) is 3.96. The van der Waals surface area contributed by atoms with E-state index in [2.05, 4.69) is 16.0 Å². The molecule has 0 spiro atoms. The zero-order valence-electron chi connectivity index (χ0n) is 17.2. The first kappa shape index (κ1) is 19.5. The van der Waals surface area contributed by atoms with Crippen LogP contribution in [-0.2, 0) is 11.2 Å². The Bertz CT molecular complexity index is 1210. The number of piperidine rings is 1. The van der Waals surface area contributed by atoms with E-state index in [0.29, 0.717) is 6.42 Å². The predicted molar refractivity (Wildman–Crippen MR) is 120 cm³/mol. The van der Waals surface area contributed by atoms with Gasteiger partial charge in [0, 0.05) is 35.4 Å². The third-order valence-electron chi connectivity index (χ3n) is 6.13. The number of hydrogen-bond acceptors (Lipinski definition) is 2. The molecule has 2 aromatic heterocycles. The molecule has 1 aliphatic rings. The first-order valence-electron chi connectivity index (χ1n) is 10.8. The van der Waals surface area contributed by atoms with Gasteiger partial charge in [0.25, 0.3) is 0 Å². The van der Waals surface area contributed by atoms with Crippen LogP contribution in [0.3, 0.4) is 0 Å². The molecule has 1 fully saturated rings. The van der Waals surface area contributed by atoms with Crippen LogP contribution < -0.4 is 0 Å². The molecule has 1 unspecified atom stereocenters. The van der Waals surface area contributed by atoms with E-state index in [0.717, 1.165) is 59.1 Å². The topological polar surface area (TPSA) is 49.0 Å². The summed E-state index contributed by atoms with van der Waals surface area (Å²) in [6.45, 7) is 0.761. The number of fused-ring (bicyclic) bond motifs is 1. The van der Waals surface area contributed by atoms with Crippen LogP contribution in [0.1, 0.15) is 36.4 Å². The lowest BCUT2D eigenvalue weighted by atomic mass is 9.95. The zero-order valence-corrected chi connectivity index (χ0v) is 17.2. The number of hydrogen-bond donors (Lipinski definition) is 1. The SMILES string of the molecule is O=C(Cc1c[nH]c2ccccc12)N1CCCCC1c1ccc(-c2cccc(F)c2)nc1. The molecule has 0 bridgehead atoms. The molecule has 1 amide bonds. The van der Waals surface area contributed by atoms with Crippen LogP contribution in [0, 0.1) is 5.82 Å². The molecule has 0 saturated carbocycles. The van der Waals surface area contributed by atoms with E-state index in [1.165, 1.54) is 12.1 Å². The molecule has 5 heteroatoms. The molecule has 3 heterocycles. The maximum Gasteiger partial charge on any atom is 0.227 e. The molecule has 5 rings (SSSR count). The van der Waals surface area contributed by atoms with Crippen LogP contribution in [0.15, 0.2) is 73.1 Å². The fourth-order valence-electron chi connectivity index (χ4n) is 4.54. The Hall–Kier alpha value is -3.47. The lowest BCUT2D eigenvalue weighted by Crippen LogP contribution is -2.39. The number of nitrogens with zero attached hydrogens (tertiary/aromatic N) is 2. The van der Waals surface area contributed by atoms with Crippen LogP contribution >= 0.6 is 0 Å². The summed E-state index contributed by atoms with van der Waals surface area (Å²) in [5, 5.41) is 1.10. The predicted octanol–water partition coefficient (Wildman–Crippen LogP) is 5.67. The number of para-hydroxylation sites is 1. The summed E-state index contributed by atoms with van der Waals surface area (Å²) in [5.41, 5.74) is 4.60. The van der Waals surface area contributed by atoms with Gasteiger partial charge in [-0.25, -0.2) is 4.39 Å². The molecule has 31 heavy (non-hydrogen) atoms. The molecule has 0 radical (unpaired) electrons. The van der Waals surface area contributed by atoms with Gasteiger partial charge in [0.1, 0.15) is 5.82 Å². The standard InChI is InChI=1S/C26H24FN3O/c27-21-7-5-6-18(14-21)23-12-11-19(16-28-23)25-10-3-4-13-30(25)26(31)15-20-17-29-24-9-2-1-8-22(20)24/h1-2,5-9,11-12,14,16-17,25,29H,3-4,10,13,15H2. The fourth-order valence-corrected chi connectivity index (χ4v) is 4.54. The van der Waals surface area contributed by atoms with Gasteiger partial charge in [-0.15, -0.1) is 0 Å². The van der Waals surface area contributed by atoms with Crippen LogP contribution in [-0.4, -0.2) is 27.3 Å².